The van der Waals surface area contributed by atoms with Gasteiger partial charge in [0.25, 0.3) is 0 Å². The number of para-hydroxylation sites is 1. The summed E-state index contributed by atoms with van der Waals surface area (Å²) in [5.74, 6) is -1.04. The number of carboxylic acids is 1. The van der Waals surface area contributed by atoms with Crippen molar-refractivity contribution in [2.24, 2.45) is 0 Å². The van der Waals surface area contributed by atoms with Crippen molar-refractivity contribution in [3.05, 3.63) is 53.7 Å². The van der Waals surface area contributed by atoms with Gasteiger partial charge in [-0.25, -0.2) is 9.48 Å². The summed E-state index contributed by atoms with van der Waals surface area (Å²) in [4.78, 5) is 11.2. The number of carbonyl (C=O) groups is 1. The summed E-state index contributed by atoms with van der Waals surface area (Å²) in [6, 6.07) is 11.1. The van der Waals surface area contributed by atoms with Crippen LogP contribution in [0.1, 0.15) is 15.9 Å². The van der Waals surface area contributed by atoms with Gasteiger partial charge in [0, 0.05) is 11.1 Å². The van der Waals surface area contributed by atoms with Crippen molar-refractivity contribution in [2.45, 2.75) is 6.92 Å². The van der Waals surface area contributed by atoms with Crippen LogP contribution in [0.3, 0.4) is 0 Å². The normalized spacial score (nSPS) is 10.8. The molecule has 0 unspecified atom stereocenters. The minimum Gasteiger partial charge on any atom is -0.478 e. The lowest BCUT2D eigenvalue weighted by molar-refractivity contribution is 0.0698. The standard InChI is InChI=1S/C15H13N3O2/c1-9-6-11(7-12(14(9)16)15(19)20)18-13-5-3-2-4-10(13)8-17-18/h2-8H,16H2,1H3,(H,19,20). The largest absolute Gasteiger partial charge is 0.478 e. The minimum absolute atomic E-state index is 0.0968. The monoisotopic (exact) mass is 267 g/mol. The predicted octanol–water partition coefficient (Wildman–Crippen LogP) is 2.61. The number of nitrogens with two attached hydrogens (primary N) is 1. The molecule has 0 aliphatic heterocycles. The van der Waals surface area contributed by atoms with E-state index in [0.29, 0.717) is 5.69 Å². The van der Waals surface area contributed by atoms with Crippen molar-refractivity contribution < 1.29 is 9.90 Å². The van der Waals surface area contributed by atoms with E-state index >= 15 is 0 Å². The van der Waals surface area contributed by atoms with E-state index in [1.807, 2.05) is 30.3 Å². The van der Waals surface area contributed by atoms with Crippen molar-refractivity contribution in [1.29, 1.82) is 0 Å². The van der Waals surface area contributed by atoms with E-state index in [1.165, 1.54) is 0 Å². The molecule has 0 fully saturated rings. The van der Waals surface area contributed by atoms with Crippen LogP contribution >= 0.6 is 0 Å². The van der Waals surface area contributed by atoms with Gasteiger partial charge in [-0.3, -0.25) is 0 Å². The van der Waals surface area contributed by atoms with Crippen LogP contribution in [0.4, 0.5) is 5.69 Å². The van der Waals surface area contributed by atoms with Gasteiger partial charge in [0.05, 0.1) is 23.0 Å². The number of aromatic carboxylic acids is 1. The number of carboxylic acid groups (broad SMARTS) is 1. The maximum atomic E-state index is 11.2. The quantitative estimate of drug-likeness (QED) is 0.699. The maximum Gasteiger partial charge on any atom is 0.337 e. The van der Waals surface area contributed by atoms with Crippen LogP contribution in [0.15, 0.2) is 42.6 Å². The Morgan fingerprint density at radius 2 is 2.05 bits per heavy atom. The summed E-state index contributed by atoms with van der Waals surface area (Å²) >= 11 is 0. The molecule has 0 bridgehead atoms. The Kier molecular flexibility index (Phi) is 2.68. The van der Waals surface area contributed by atoms with Crippen LogP contribution in [0.5, 0.6) is 0 Å². The number of rotatable bonds is 2. The van der Waals surface area contributed by atoms with Gasteiger partial charge >= 0.3 is 5.97 Å². The van der Waals surface area contributed by atoms with E-state index < -0.39 is 5.97 Å². The van der Waals surface area contributed by atoms with Crippen LogP contribution in [0.2, 0.25) is 0 Å². The molecule has 3 N–H and O–H groups in total. The van der Waals surface area contributed by atoms with Crippen molar-refractivity contribution in [2.75, 3.05) is 5.73 Å². The van der Waals surface area contributed by atoms with Gasteiger partial charge in [0.15, 0.2) is 0 Å². The molecule has 0 atom stereocenters. The zero-order valence-corrected chi connectivity index (χ0v) is 10.9. The van der Waals surface area contributed by atoms with Gasteiger partial charge in [-0.1, -0.05) is 18.2 Å². The number of aryl methyl sites for hydroxylation is 1. The van der Waals surface area contributed by atoms with E-state index in [2.05, 4.69) is 5.10 Å². The van der Waals surface area contributed by atoms with Gasteiger partial charge in [-0.05, 0) is 30.7 Å². The SMILES string of the molecule is Cc1cc(-n2ncc3ccccc32)cc(C(=O)O)c1N. The van der Waals surface area contributed by atoms with Crippen LogP contribution in [-0.2, 0) is 0 Å². The second kappa shape index (κ2) is 4.38. The number of hydrogen-bond acceptors (Lipinski definition) is 3. The van der Waals surface area contributed by atoms with Gasteiger partial charge in [-0.2, -0.15) is 5.10 Å². The maximum absolute atomic E-state index is 11.2. The third-order valence-corrected chi connectivity index (χ3v) is 3.32. The number of aromatic nitrogens is 2. The average molecular weight is 267 g/mol. The molecule has 1 heterocycles. The Morgan fingerprint density at radius 3 is 2.80 bits per heavy atom. The first-order valence-electron chi connectivity index (χ1n) is 6.14. The lowest BCUT2D eigenvalue weighted by Gasteiger charge is -2.10. The second-order valence-electron chi connectivity index (χ2n) is 4.64. The van der Waals surface area contributed by atoms with Crippen molar-refractivity contribution in [3.63, 3.8) is 0 Å². The molecule has 3 aromatic rings. The number of nitrogen functional groups attached to an aromatic ring is 1. The van der Waals surface area contributed by atoms with Crippen molar-refractivity contribution >= 4 is 22.6 Å². The molecule has 2 aromatic carbocycles. The summed E-state index contributed by atoms with van der Waals surface area (Å²) in [6.07, 6.45) is 1.75. The summed E-state index contributed by atoms with van der Waals surface area (Å²) in [7, 11) is 0. The van der Waals surface area contributed by atoms with Crippen LogP contribution in [0, 0.1) is 6.92 Å². The fourth-order valence-electron chi connectivity index (χ4n) is 2.26. The van der Waals surface area contributed by atoms with Crippen molar-refractivity contribution in [1.82, 2.24) is 9.78 Å². The molecule has 0 aliphatic carbocycles. The summed E-state index contributed by atoms with van der Waals surface area (Å²) in [5, 5.41) is 14.5. The summed E-state index contributed by atoms with van der Waals surface area (Å²) in [5.41, 5.74) is 8.53. The van der Waals surface area contributed by atoms with Crippen LogP contribution in [0.25, 0.3) is 16.6 Å². The Bertz CT molecular complexity index is 821. The highest BCUT2D eigenvalue weighted by atomic mass is 16.4. The Morgan fingerprint density at radius 1 is 1.30 bits per heavy atom. The molecule has 0 saturated heterocycles. The molecule has 0 amide bonds. The lowest BCUT2D eigenvalue weighted by atomic mass is 10.1. The number of fused-ring (bicyclic) bond motifs is 1. The van der Waals surface area contributed by atoms with Crippen LogP contribution < -0.4 is 5.73 Å². The molecule has 1 aromatic heterocycles. The third-order valence-electron chi connectivity index (χ3n) is 3.32. The van der Waals surface area contributed by atoms with Crippen LogP contribution in [-0.4, -0.2) is 20.9 Å². The molecular weight excluding hydrogens is 254 g/mol. The van der Waals surface area contributed by atoms with E-state index in [1.54, 1.807) is 23.9 Å². The molecule has 20 heavy (non-hydrogen) atoms. The molecule has 3 rings (SSSR count). The molecule has 5 heteroatoms. The highest BCUT2D eigenvalue weighted by molar-refractivity contribution is 5.95. The molecule has 0 spiro atoms. The molecule has 0 saturated carbocycles. The molecule has 0 radical (unpaired) electrons. The Hall–Kier alpha value is -2.82. The van der Waals surface area contributed by atoms with Crippen molar-refractivity contribution in [3.8, 4) is 5.69 Å². The summed E-state index contributed by atoms with van der Waals surface area (Å²) < 4.78 is 1.72. The molecule has 0 aliphatic rings. The van der Waals surface area contributed by atoms with E-state index in [0.717, 1.165) is 16.5 Å². The third kappa shape index (κ3) is 1.80. The zero-order chi connectivity index (χ0) is 14.3. The number of anilines is 1. The van der Waals surface area contributed by atoms with Gasteiger partial charge in [0.2, 0.25) is 0 Å². The van der Waals surface area contributed by atoms with Gasteiger partial charge in [-0.15, -0.1) is 0 Å². The topological polar surface area (TPSA) is 81.1 Å². The minimum atomic E-state index is -1.04. The lowest BCUT2D eigenvalue weighted by Crippen LogP contribution is -2.07. The van der Waals surface area contributed by atoms with Gasteiger partial charge in [0.1, 0.15) is 0 Å². The number of hydrogen-bond donors (Lipinski definition) is 2. The smallest absolute Gasteiger partial charge is 0.337 e. The first kappa shape index (κ1) is 12.2. The fraction of sp³-hybridized carbons (Fsp3) is 0.0667. The second-order valence-corrected chi connectivity index (χ2v) is 4.64. The molecular formula is C15H13N3O2. The Labute approximate surface area is 115 Å². The Balaban J connectivity index is 2.27. The van der Waals surface area contributed by atoms with E-state index in [9.17, 15) is 9.90 Å². The van der Waals surface area contributed by atoms with Gasteiger partial charge < -0.3 is 10.8 Å². The average Bonchev–Trinajstić information content (AvgIpc) is 2.85. The highest BCUT2D eigenvalue weighted by Gasteiger charge is 2.14. The van der Waals surface area contributed by atoms with E-state index in [4.69, 9.17) is 5.73 Å². The number of nitrogens with zero attached hydrogens (tertiary/aromatic N) is 2. The molecule has 5 nitrogen and oxygen atoms in total. The summed E-state index contributed by atoms with van der Waals surface area (Å²) in [6.45, 7) is 1.79. The zero-order valence-electron chi connectivity index (χ0n) is 10.9. The van der Waals surface area contributed by atoms with E-state index in [-0.39, 0.29) is 11.3 Å². The first-order valence-corrected chi connectivity index (χ1v) is 6.14. The first-order chi connectivity index (χ1) is 9.58. The fourth-order valence-corrected chi connectivity index (χ4v) is 2.26. The highest BCUT2D eigenvalue weighted by Crippen LogP contribution is 2.24. The molecule has 100 valence electrons. The number of benzene rings is 2. The predicted molar refractivity (Wildman–Crippen MR) is 77.2 cm³/mol.